The second kappa shape index (κ2) is 11.1. The molecule has 0 atom stereocenters. The summed E-state index contributed by atoms with van der Waals surface area (Å²) < 4.78 is 0. The minimum Gasteiger partial charge on any atom is -0.480 e. The van der Waals surface area contributed by atoms with Crippen LogP contribution in [0.3, 0.4) is 0 Å². The van der Waals surface area contributed by atoms with Gasteiger partial charge in [0.05, 0.1) is 0 Å². The van der Waals surface area contributed by atoms with E-state index in [4.69, 9.17) is 0 Å². The Balaban J connectivity index is 1.53. The van der Waals surface area contributed by atoms with Crippen molar-refractivity contribution in [3.8, 4) is 0 Å². The molecular formula is C20H35N3O4. The number of hydrogen-bond donors (Lipinski definition) is 4. The minimum absolute atomic E-state index is 0.0969. The second-order valence-electron chi connectivity index (χ2n) is 8.04. The van der Waals surface area contributed by atoms with Crippen LogP contribution in [0, 0.1) is 0 Å². The molecule has 2 fully saturated rings. The van der Waals surface area contributed by atoms with Crippen LogP contribution in [-0.4, -0.2) is 41.1 Å². The number of rotatable bonds is 9. The third-order valence-electron chi connectivity index (χ3n) is 5.80. The average molecular weight is 382 g/mol. The molecule has 3 amide bonds. The standard InChI is InChI=1S/C20H35N3O4/c24-17(23-20(18(25)26)13-7-3-8-14-20)12-6-2-9-15-21-19(27)22-16-10-4-1-5-11-16/h16H,1-15H2,(H,23,24)(H,25,26)(H2,21,22,27). The third kappa shape index (κ3) is 7.39. The predicted molar refractivity (Wildman–Crippen MR) is 103 cm³/mol. The van der Waals surface area contributed by atoms with E-state index in [2.05, 4.69) is 16.0 Å². The lowest BCUT2D eigenvalue weighted by atomic mass is 9.81. The van der Waals surface area contributed by atoms with Gasteiger partial charge in [-0.15, -0.1) is 0 Å². The SMILES string of the molecule is O=C(CCCCCNC(=O)NC1CCCCC1)NC1(C(=O)O)CCCCC1. The molecule has 0 bridgehead atoms. The van der Waals surface area contributed by atoms with Crippen molar-refractivity contribution < 1.29 is 19.5 Å². The van der Waals surface area contributed by atoms with Crippen LogP contribution in [0.2, 0.25) is 0 Å². The number of aliphatic carboxylic acids is 1. The molecule has 0 saturated heterocycles. The Labute approximate surface area is 162 Å². The van der Waals surface area contributed by atoms with Crippen LogP contribution in [0.4, 0.5) is 4.79 Å². The summed E-state index contributed by atoms with van der Waals surface area (Å²) >= 11 is 0. The van der Waals surface area contributed by atoms with Crippen molar-refractivity contribution >= 4 is 17.9 Å². The predicted octanol–water partition coefficient (Wildman–Crippen LogP) is 3.08. The number of urea groups is 1. The third-order valence-corrected chi connectivity index (χ3v) is 5.80. The highest BCUT2D eigenvalue weighted by atomic mass is 16.4. The summed E-state index contributed by atoms with van der Waals surface area (Å²) in [5.41, 5.74) is -1.06. The average Bonchev–Trinajstić information content (AvgIpc) is 2.66. The molecule has 7 nitrogen and oxygen atoms in total. The number of amides is 3. The van der Waals surface area contributed by atoms with Gasteiger partial charge in [0.25, 0.3) is 0 Å². The molecule has 0 spiro atoms. The zero-order valence-corrected chi connectivity index (χ0v) is 16.4. The van der Waals surface area contributed by atoms with Gasteiger partial charge >= 0.3 is 12.0 Å². The van der Waals surface area contributed by atoms with E-state index < -0.39 is 11.5 Å². The molecule has 0 aromatic carbocycles. The topological polar surface area (TPSA) is 108 Å². The fourth-order valence-electron chi connectivity index (χ4n) is 4.15. The van der Waals surface area contributed by atoms with Gasteiger partial charge < -0.3 is 21.1 Å². The number of nitrogens with one attached hydrogen (secondary N) is 3. The first-order valence-electron chi connectivity index (χ1n) is 10.6. The summed E-state index contributed by atoms with van der Waals surface area (Å²) in [6.07, 6.45) is 12.2. The lowest BCUT2D eigenvalue weighted by Crippen LogP contribution is -2.55. The summed E-state index contributed by atoms with van der Waals surface area (Å²) in [7, 11) is 0. The van der Waals surface area contributed by atoms with Crippen molar-refractivity contribution in [2.24, 2.45) is 0 Å². The Morgan fingerprint density at radius 2 is 1.56 bits per heavy atom. The second-order valence-corrected chi connectivity index (χ2v) is 8.04. The van der Waals surface area contributed by atoms with E-state index >= 15 is 0 Å². The summed E-state index contributed by atoms with van der Waals surface area (Å²) in [6, 6.07) is 0.212. The molecule has 0 aromatic heterocycles. The largest absolute Gasteiger partial charge is 0.480 e. The van der Waals surface area contributed by atoms with Gasteiger partial charge in [0.1, 0.15) is 5.54 Å². The van der Waals surface area contributed by atoms with Gasteiger partial charge in [-0.25, -0.2) is 9.59 Å². The zero-order valence-electron chi connectivity index (χ0n) is 16.4. The molecule has 0 aliphatic heterocycles. The van der Waals surface area contributed by atoms with Crippen molar-refractivity contribution in [2.75, 3.05) is 6.54 Å². The van der Waals surface area contributed by atoms with E-state index in [1.807, 2.05) is 0 Å². The molecule has 4 N–H and O–H groups in total. The molecule has 2 aliphatic carbocycles. The van der Waals surface area contributed by atoms with E-state index in [-0.39, 0.29) is 11.9 Å². The molecular weight excluding hydrogens is 346 g/mol. The van der Waals surface area contributed by atoms with Crippen molar-refractivity contribution in [1.29, 1.82) is 0 Å². The van der Waals surface area contributed by atoms with Crippen LogP contribution in [0.15, 0.2) is 0 Å². The first-order chi connectivity index (χ1) is 13.0. The highest BCUT2D eigenvalue weighted by Gasteiger charge is 2.40. The summed E-state index contributed by atoms with van der Waals surface area (Å²) in [4.78, 5) is 35.5. The van der Waals surface area contributed by atoms with Crippen LogP contribution in [0.25, 0.3) is 0 Å². The van der Waals surface area contributed by atoms with Crippen molar-refractivity contribution in [2.45, 2.75) is 101 Å². The molecule has 27 heavy (non-hydrogen) atoms. The minimum atomic E-state index is -1.06. The van der Waals surface area contributed by atoms with Crippen LogP contribution in [0.1, 0.15) is 89.9 Å². The molecule has 0 radical (unpaired) electrons. The van der Waals surface area contributed by atoms with Crippen molar-refractivity contribution in [3.63, 3.8) is 0 Å². The van der Waals surface area contributed by atoms with Crippen LogP contribution in [-0.2, 0) is 9.59 Å². The molecule has 0 unspecified atom stereocenters. The van der Waals surface area contributed by atoms with E-state index in [1.54, 1.807) is 0 Å². The first kappa shape index (κ1) is 21.5. The molecule has 154 valence electrons. The van der Waals surface area contributed by atoms with Gasteiger partial charge in [-0.3, -0.25) is 4.79 Å². The summed E-state index contributed by atoms with van der Waals surface area (Å²) in [5, 5.41) is 18.2. The monoisotopic (exact) mass is 381 g/mol. The van der Waals surface area contributed by atoms with Crippen molar-refractivity contribution in [1.82, 2.24) is 16.0 Å². The van der Waals surface area contributed by atoms with Crippen LogP contribution < -0.4 is 16.0 Å². The van der Waals surface area contributed by atoms with Crippen molar-refractivity contribution in [3.05, 3.63) is 0 Å². The van der Waals surface area contributed by atoms with E-state index in [1.165, 1.54) is 19.3 Å². The van der Waals surface area contributed by atoms with Crippen LogP contribution in [0.5, 0.6) is 0 Å². The Morgan fingerprint density at radius 1 is 0.889 bits per heavy atom. The smallest absolute Gasteiger partial charge is 0.329 e. The zero-order chi connectivity index (χ0) is 19.5. The summed E-state index contributed by atoms with van der Waals surface area (Å²) in [5.74, 6) is -1.09. The molecule has 0 aromatic rings. The maximum Gasteiger partial charge on any atom is 0.329 e. The maximum atomic E-state index is 12.1. The molecule has 7 heteroatoms. The van der Waals surface area contributed by atoms with E-state index in [0.717, 1.165) is 44.9 Å². The fraction of sp³-hybridized carbons (Fsp3) is 0.850. The van der Waals surface area contributed by atoms with Gasteiger partial charge in [0, 0.05) is 19.0 Å². The molecule has 0 heterocycles. The number of carboxylic acids is 1. The number of hydrogen-bond acceptors (Lipinski definition) is 3. The van der Waals surface area contributed by atoms with Gasteiger partial charge in [-0.2, -0.15) is 0 Å². The number of unbranched alkanes of at least 4 members (excludes halogenated alkanes) is 2. The Morgan fingerprint density at radius 3 is 2.22 bits per heavy atom. The molecule has 2 saturated carbocycles. The molecule has 2 rings (SSSR count). The molecule has 2 aliphatic rings. The van der Waals surface area contributed by atoms with Gasteiger partial charge in [-0.05, 0) is 38.5 Å². The Hall–Kier alpha value is -1.79. The lowest BCUT2D eigenvalue weighted by Gasteiger charge is -2.34. The highest BCUT2D eigenvalue weighted by molar-refractivity contribution is 5.87. The summed E-state index contributed by atoms with van der Waals surface area (Å²) in [6.45, 7) is 0.596. The Bertz CT molecular complexity index is 497. The lowest BCUT2D eigenvalue weighted by molar-refractivity contribution is -0.149. The highest BCUT2D eigenvalue weighted by Crippen LogP contribution is 2.28. The quantitative estimate of drug-likeness (QED) is 0.460. The number of carboxylic acid groups (broad SMARTS) is 1. The maximum absolute atomic E-state index is 12.1. The fourth-order valence-corrected chi connectivity index (χ4v) is 4.15. The normalized spacial score (nSPS) is 19.9. The first-order valence-corrected chi connectivity index (χ1v) is 10.6. The van der Waals surface area contributed by atoms with Gasteiger partial charge in [0.15, 0.2) is 0 Å². The van der Waals surface area contributed by atoms with Crippen LogP contribution >= 0.6 is 0 Å². The van der Waals surface area contributed by atoms with Gasteiger partial charge in [0.2, 0.25) is 5.91 Å². The van der Waals surface area contributed by atoms with Gasteiger partial charge in [-0.1, -0.05) is 44.9 Å². The van der Waals surface area contributed by atoms with E-state index in [9.17, 15) is 19.5 Å². The number of carbonyl (C=O) groups is 3. The number of carbonyl (C=O) groups excluding carboxylic acids is 2. The Kier molecular flexibility index (Phi) is 8.88. The van der Waals surface area contributed by atoms with E-state index in [0.29, 0.717) is 38.3 Å².